The number of alkyl halides is 3. The highest BCUT2D eigenvalue weighted by atomic mass is 32.1. The molecule has 0 radical (unpaired) electrons. The summed E-state index contributed by atoms with van der Waals surface area (Å²) in [6, 6.07) is 0.0363. The summed E-state index contributed by atoms with van der Waals surface area (Å²) in [6.07, 6.45) is -4.35. The van der Waals surface area contributed by atoms with Gasteiger partial charge in [-0.2, -0.15) is 13.2 Å². The molecule has 14 heavy (non-hydrogen) atoms. The second-order valence-electron chi connectivity index (χ2n) is 3.53. The van der Waals surface area contributed by atoms with Crippen molar-refractivity contribution in [1.82, 2.24) is 4.90 Å². The summed E-state index contributed by atoms with van der Waals surface area (Å²) in [6.45, 7) is 3.44. The minimum absolute atomic E-state index is 0.0363. The van der Waals surface area contributed by atoms with Crippen molar-refractivity contribution in [3.05, 3.63) is 0 Å². The van der Waals surface area contributed by atoms with Crippen LogP contribution in [0.3, 0.4) is 0 Å². The van der Waals surface area contributed by atoms with Crippen LogP contribution >= 0.6 is 12.2 Å². The van der Waals surface area contributed by atoms with Gasteiger partial charge in [0.1, 0.15) is 5.92 Å². The van der Waals surface area contributed by atoms with Crippen LogP contribution in [0.1, 0.15) is 13.8 Å². The molecule has 2 N–H and O–H groups in total. The molecule has 0 rings (SSSR count). The number of rotatable bonds is 4. The highest BCUT2D eigenvalue weighted by molar-refractivity contribution is 7.80. The second-order valence-corrected chi connectivity index (χ2v) is 4.00. The molecule has 0 aliphatic heterocycles. The lowest BCUT2D eigenvalue weighted by atomic mass is 10.1. The van der Waals surface area contributed by atoms with Crippen molar-refractivity contribution in [2.24, 2.45) is 11.7 Å². The van der Waals surface area contributed by atoms with E-state index in [9.17, 15) is 13.2 Å². The van der Waals surface area contributed by atoms with Crippen LogP contribution in [0.25, 0.3) is 0 Å². The van der Waals surface area contributed by atoms with E-state index in [1.807, 2.05) is 13.8 Å². The fourth-order valence-electron chi connectivity index (χ4n) is 0.854. The predicted octanol–water partition coefficient (Wildman–Crippen LogP) is 1.79. The first-order valence-electron chi connectivity index (χ1n) is 4.22. The van der Waals surface area contributed by atoms with Crippen molar-refractivity contribution in [3.8, 4) is 0 Å². The summed E-state index contributed by atoms with van der Waals surface area (Å²) in [5.74, 6) is -1.72. The molecule has 0 fully saturated rings. The summed E-state index contributed by atoms with van der Waals surface area (Å²) in [7, 11) is 1.61. The zero-order valence-corrected chi connectivity index (χ0v) is 9.25. The minimum Gasteiger partial charge on any atom is -0.393 e. The molecule has 0 saturated carbocycles. The Morgan fingerprint density at radius 3 is 2.07 bits per heavy atom. The fourth-order valence-corrected chi connectivity index (χ4v) is 1.06. The molecule has 0 aromatic carbocycles. The van der Waals surface area contributed by atoms with Gasteiger partial charge in [-0.05, 0) is 20.9 Å². The topological polar surface area (TPSA) is 29.3 Å². The predicted molar refractivity (Wildman–Crippen MR) is 54.1 cm³/mol. The van der Waals surface area contributed by atoms with E-state index in [-0.39, 0.29) is 12.6 Å². The molecule has 0 heterocycles. The third-order valence-electron chi connectivity index (χ3n) is 2.09. The Kier molecular flexibility index (Phi) is 4.80. The van der Waals surface area contributed by atoms with Crippen molar-refractivity contribution in [2.45, 2.75) is 26.1 Å². The molecule has 1 unspecified atom stereocenters. The average Bonchev–Trinajstić information content (AvgIpc) is 1.96. The van der Waals surface area contributed by atoms with Crippen molar-refractivity contribution in [3.63, 3.8) is 0 Å². The van der Waals surface area contributed by atoms with Crippen molar-refractivity contribution >= 4 is 17.2 Å². The Morgan fingerprint density at radius 2 is 1.86 bits per heavy atom. The van der Waals surface area contributed by atoms with Gasteiger partial charge in [-0.3, -0.25) is 0 Å². The number of nitrogens with zero attached hydrogens (tertiary/aromatic N) is 1. The molecule has 84 valence electrons. The van der Waals surface area contributed by atoms with Gasteiger partial charge >= 0.3 is 6.18 Å². The first kappa shape index (κ1) is 13.6. The number of hydrogen-bond donors (Lipinski definition) is 1. The molecule has 1 atom stereocenters. The zero-order chi connectivity index (χ0) is 11.5. The van der Waals surface area contributed by atoms with Gasteiger partial charge < -0.3 is 10.6 Å². The van der Waals surface area contributed by atoms with Crippen LogP contribution in [0.2, 0.25) is 0 Å². The fraction of sp³-hybridized carbons (Fsp3) is 0.875. The summed E-state index contributed by atoms with van der Waals surface area (Å²) in [5, 5.41) is 0. The van der Waals surface area contributed by atoms with Gasteiger partial charge in [0, 0.05) is 12.6 Å². The third-order valence-corrected chi connectivity index (χ3v) is 2.38. The number of nitrogens with two attached hydrogens (primary N) is 1. The smallest absolute Gasteiger partial charge is 0.393 e. The Bertz CT molecular complexity index is 203. The monoisotopic (exact) mass is 228 g/mol. The number of thiocarbonyl (C=S) groups is 1. The van der Waals surface area contributed by atoms with Crippen molar-refractivity contribution in [1.29, 1.82) is 0 Å². The highest BCUT2D eigenvalue weighted by Gasteiger charge is 2.42. The SMILES string of the molecule is CC(C)N(C)CC(C(N)=S)C(F)(F)F. The van der Waals surface area contributed by atoms with Crippen LogP contribution in [0.4, 0.5) is 13.2 Å². The number of hydrogen-bond acceptors (Lipinski definition) is 2. The van der Waals surface area contributed by atoms with Crippen LogP contribution in [-0.2, 0) is 0 Å². The van der Waals surface area contributed by atoms with Gasteiger partial charge in [0.2, 0.25) is 0 Å². The molecule has 2 nitrogen and oxygen atoms in total. The molecular formula is C8H15F3N2S. The Morgan fingerprint density at radius 1 is 1.43 bits per heavy atom. The maximum absolute atomic E-state index is 12.4. The van der Waals surface area contributed by atoms with Crippen LogP contribution in [0.5, 0.6) is 0 Å². The van der Waals surface area contributed by atoms with E-state index in [0.29, 0.717) is 0 Å². The van der Waals surface area contributed by atoms with Crippen LogP contribution in [0, 0.1) is 5.92 Å². The van der Waals surface area contributed by atoms with Crippen LogP contribution in [-0.4, -0.2) is 35.7 Å². The lowest BCUT2D eigenvalue weighted by Gasteiger charge is -2.27. The van der Waals surface area contributed by atoms with E-state index in [1.54, 1.807) is 11.9 Å². The first-order chi connectivity index (χ1) is 6.16. The van der Waals surface area contributed by atoms with E-state index in [1.165, 1.54) is 0 Å². The maximum Gasteiger partial charge on any atom is 0.399 e. The van der Waals surface area contributed by atoms with Gasteiger partial charge in [0.25, 0.3) is 0 Å². The standard InChI is InChI=1S/C8H15F3N2S/c1-5(2)13(3)4-6(7(12)14)8(9,10)11/h5-6H,4H2,1-3H3,(H2,12,14). The highest BCUT2D eigenvalue weighted by Crippen LogP contribution is 2.27. The Balaban J connectivity index is 4.48. The van der Waals surface area contributed by atoms with Crippen LogP contribution < -0.4 is 5.73 Å². The molecule has 0 saturated heterocycles. The lowest BCUT2D eigenvalue weighted by Crippen LogP contribution is -2.44. The van der Waals surface area contributed by atoms with E-state index < -0.39 is 17.1 Å². The lowest BCUT2D eigenvalue weighted by molar-refractivity contribution is -0.159. The summed E-state index contributed by atoms with van der Waals surface area (Å²) < 4.78 is 37.2. The molecule has 0 aliphatic carbocycles. The van der Waals surface area contributed by atoms with Gasteiger partial charge in [0.15, 0.2) is 0 Å². The number of halogens is 3. The Hall–Kier alpha value is -0.360. The molecule has 0 spiro atoms. The van der Waals surface area contributed by atoms with E-state index in [4.69, 9.17) is 5.73 Å². The Labute approximate surface area is 87.2 Å². The molecule has 0 aromatic heterocycles. The summed E-state index contributed by atoms with van der Waals surface area (Å²) in [4.78, 5) is 1.07. The van der Waals surface area contributed by atoms with E-state index in [0.717, 1.165) is 0 Å². The second kappa shape index (κ2) is 4.93. The average molecular weight is 228 g/mol. The van der Waals surface area contributed by atoms with E-state index >= 15 is 0 Å². The molecular weight excluding hydrogens is 213 g/mol. The molecule has 0 bridgehead atoms. The largest absolute Gasteiger partial charge is 0.399 e. The van der Waals surface area contributed by atoms with Gasteiger partial charge in [-0.1, -0.05) is 12.2 Å². The van der Waals surface area contributed by atoms with Crippen LogP contribution in [0.15, 0.2) is 0 Å². The minimum atomic E-state index is -4.35. The summed E-state index contributed by atoms with van der Waals surface area (Å²) >= 11 is 4.40. The third kappa shape index (κ3) is 4.23. The van der Waals surface area contributed by atoms with Gasteiger partial charge in [0.05, 0.1) is 4.99 Å². The molecule has 0 amide bonds. The van der Waals surface area contributed by atoms with Gasteiger partial charge in [-0.15, -0.1) is 0 Å². The zero-order valence-electron chi connectivity index (χ0n) is 8.43. The normalized spacial score (nSPS) is 14.9. The van der Waals surface area contributed by atoms with E-state index in [2.05, 4.69) is 12.2 Å². The molecule has 0 aliphatic rings. The van der Waals surface area contributed by atoms with Crippen molar-refractivity contribution < 1.29 is 13.2 Å². The molecule has 0 aromatic rings. The maximum atomic E-state index is 12.4. The van der Waals surface area contributed by atoms with Crippen molar-refractivity contribution in [2.75, 3.05) is 13.6 Å². The summed E-state index contributed by atoms with van der Waals surface area (Å²) in [5.41, 5.74) is 5.06. The molecule has 6 heteroatoms. The van der Waals surface area contributed by atoms with Gasteiger partial charge in [-0.25, -0.2) is 0 Å². The quantitative estimate of drug-likeness (QED) is 0.744. The first-order valence-corrected chi connectivity index (χ1v) is 4.63.